The Morgan fingerprint density at radius 2 is 1.50 bits per heavy atom. The van der Waals surface area contributed by atoms with E-state index in [9.17, 15) is 0 Å². The van der Waals surface area contributed by atoms with Gasteiger partial charge in [0.15, 0.2) is 0 Å². The van der Waals surface area contributed by atoms with Gasteiger partial charge in [-0.3, -0.25) is 0 Å². The molecule has 106 valence electrons. The first-order valence-electron chi connectivity index (χ1n) is 6.08. The highest BCUT2D eigenvalue weighted by Crippen LogP contribution is 2.16. The van der Waals surface area contributed by atoms with Crippen molar-refractivity contribution in [2.24, 2.45) is 0 Å². The molecular weight excluding hydrogens is 252 g/mol. The highest BCUT2D eigenvalue weighted by molar-refractivity contribution is 6.53. The Kier molecular flexibility index (Phi) is 9.17. The van der Waals surface area contributed by atoms with Crippen molar-refractivity contribution >= 4 is 9.05 Å². The summed E-state index contributed by atoms with van der Waals surface area (Å²) in [6.45, 7) is 15.4. The van der Waals surface area contributed by atoms with Gasteiger partial charge < -0.3 is 13.3 Å². The fourth-order valence-electron chi connectivity index (χ4n) is 0.981. The molecule has 0 aliphatic heterocycles. The van der Waals surface area contributed by atoms with E-state index in [4.69, 9.17) is 22.7 Å². The zero-order valence-electron chi connectivity index (χ0n) is 11.7. The van der Waals surface area contributed by atoms with Gasteiger partial charge in [0.25, 0.3) is 0 Å². The third kappa shape index (κ3) is 6.44. The molecule has 0 heterocycles. The fraction of sp³-hybridized carbons (Fsp3) is 0.667. The van der Waals surface area contributed by atoms with Crippen LogP contribution in [0.15, 0.2) is 25.3 Å². The van der Waals surface area contributed by atoms with E-state index < -0.39 is 9.05 Å². The summed E-state index contributed by atoms with van der Waals surface area (Å²) < 4.78 is 22.0. The predicted octanol–water partition coefficient (Wildman–Crippen LogP) is 2.61. The Morgan fingerprint density at radius 1 is 1.00 bits per heavy atom. The van der Waals surface area contributed by atoms with E-state index in [-0.39, 0.29) is 12.2 Å². The van der Waals surface area contributed by atoms with Crippen LogP contribution in [0.25, 0.3) is 0 Å². The van der Waals surface area contributed by atoms with Gasteiger partial charge in [-0.15, -0.1) is 13.2 Å². The van der Waals surface area contributed by atoms with E-state index in [0.29, 0.717) is 13.2 Å². The Bertz CT molecular complexity index is 241. The van der Waals surface area contributed by atoms with E-state index in [1.54, 1.807) is 19.1 Å². The van der Waals surface area contributed by atoms with Gasteiger partial charge in [0.2, 0.25) is 0 Å². The second kappa shape index (κ2) is 9.43. The van der Waals surface area contributed by atoms with Crippen LogP contribution in [0.4, 0.5) is 0 Å². The van der Waals surface area contributed by atoms with Crippen molar-refractivity contribution in [2.75, 3.05) is 13.2 Å². The molecule has 0 spiro atoms. The van der Waals surface area contributed by atoms with Crippen LogP contribution in [0, 0.1) is 0 Å². The second-order valence-electron chi connectivity index (χ2n) is 3.55. The van der Waals surface area contributed by atoms with E-state index in [2.05, 4.69) is 13.2 Å². The molecule has 0 aliphatic rings. The molecule has 0 N–H and O–H groups in total. The molecule has 2 atom stereocenters. The maximum Gasteiger partial charge on any atom is 0.708 e. The summed E-state index contributed by atoms with van der Waals surface area (Å²) in [4.78, 5) is 5.14. The van der Waals surface area contributed by atoms with Gasteiger partial charge >= 0.3 is 9.05 Å². The van der Waals surface area contributed by atoms with Gasteiger partial charge in [0, 0.05) is 13.2 Å². The maximum absolute atomic E-state index is 5.66. The summed E-state index contributed by atoms with van der Waals surface area (Å²) in [7, 11) is -3.30. The van der Waals surface area contributed by atoms with Crippen LogP contribution in [0.5, 0.6) is 0 Å². The van der Waals surface area contributed by atoms with E-state index in [1.165, 1.54) is 0 Å². The molecule has 0 aromatic carbocycles. The monoisotopic (exact) mass is 276 g/mol. The summed E-state index contributed by atoms with van der Waals surface area (Å²) in [5.41, 5.74) is 0. The fourth-order valence-corrected chi connectivity index (χ4v) is 2.86. The smallest absolute Gasteiger partial charge is 0.350 e. The van der Waals surface area contributed by atoms with Crippen LogP contribution in [0.2, 0.25) is 0 Å². The highest BCUT2D eigenvalue weighted by Gasteiger charge is 2.48. The van der Waals surface area contributed by atoms with Gasteiger partial charge in [-0.2, -0.15) is 4.58 Å². The van der Waals surface area contributed by atoms with Crippen molar-refractivity contribution < 1.29 is 22.7 Å². The van der Waals surface area contributed by atoms with Crippen molar-refractivity contribution in [3.63, 3.8) is 0 Å². The Morgan fingerprint density at radius 3 is 1.89 bits per heavy atom. The minimum Gasteiger partial charge on any atom is -0.350 e. The molecule has 0 bridgehead atoms. The minimum absolute atomic E-state index is 0.252. The topological polar surface area (TPSA) is 46.2 Å². The maximum atomic E-state index is 5.66. The molecule has 18 heavy (non-hydrogen) atoms. The molecule has 5 nitrogen and oxygen atoms in total. The molecule has 0 amide bonds. The molecule has 0 aromatic heterocycles. The van der Waals surface area contributed by atoms with Crippen molar-refractivity contribution in [2.45, 2.75) is 39.9 Å². The average molecular weight is 276 g/mol. The Balaban J connectivity index is 4.70. The van der Waals surface area contributed by atoms with Crippen LogP contribution in [-0.4, -0.2) is 34.5 Å². The lowest BCUT2D eigenvalue weighted by Crippen LogP contribution is -2.51. The molecule has 0 aromatic rings. The van der Waals surface area contributed by atoms with E-state index in [0.717, 1.165) is 0 Å². The quantitative estimate of drug-likeness (QED) is 0.251. The molecule has 0 rings (SSSR count). The molecule has 0 aliphatic carbocycles. The number of hydrogen-bond donors (Lipinski definition) is 0. The summed E-state index contributed by atoms with van der Waals surface area (Å²) >= 11 is 0. The predicted molar refractivity (Wildman–Crippen MR) is 71.6 cm³/mol. The molecule has 0 fully saturated rings. The first kappa shape index (κ1) is 17.5. The third-order valence-electron chi connectivity index (χ3n) is 1.94. The van der Waals surface area contributed by atoms with Gasteiger partial charge in [-0.05, 0) is 27.7 Å². The summed E-state index contributed by atoms with van der Waals surface area (Å²) in [6.07, 6.45) is 2.71. The molecule has 0 saturated carbocycles. The first-order chi connectivity index (χ1) is 8.53. The van der Waals surface area contributed by atoms with Gasteiger partial charge in [-0.1, -0.05) is 12.2 Å². The normalized spacial score (nSPS) is 15.1. The van der Waals surface area contributed by atoms with E-state index in [1.807, 2.05) is 20.8 Å². The lowest BCUT2D eigenvalue weighted by atomic mass is 10.4. The highest BCUT2D eigenvalue weighted by atomic mass is 28.4. The molecule has 0 saturated heterocycles. The Hall–Kier alpha value is -0.503. The van der Waals surface area contributed by atoms with Crippen LogP contribution >= 0.6 is 0 Å². The SMILES string of the molecule is C=CC(C)OO[Si](OCC)(OCC)OC(C)C=C. The lowest BCUT2D eigenvalue weighted by molar-refractivity contribution is -0.290. The molecule has 0 radical (unpaired) electrons. The summed E-state index contributed by atoms with van der Waals surface area (Å²) in [5.74, 6) is 0. The Labute approximate surface area is 111 Å². The van der Waals surface area contributed by atoms with Gasteiger partial charge in [0.1, 0.15) is 6.10 Å². The van der Waals surface area contributed by atoms with Crippen molar-refractivity contribution in [3.05, 3.63) is 25.3 Å². The van der Waals surface area contributed by atoms with Crippen molar-refractivity contribution in [1.82, 2.24) is 0 Å². The van der Waals surface area contributed by atoms with Gasteiger partial charge in [-0.25, -0.2) is 4.89 Å². The number of hydrogen-bond acceptors (Lipinski definition) is 5. The molecular formula is C12H24O5Si. The standard InChI is InChI=1S/C12H24O5Si/c1-7-11(5)15-17-18(13-9-3,14-10-4)16-12(6)8-2/h7-8,11-12H,1-2,9-10H2,3-6H3. The summed E-state index contributed by atoms with van der Waals surface area (Å²) in [6, 6.07) is 0. The van der Waals surface area contributed by atoms with Crippen LogP contribution in [0.1, 0.15) is 27.7 Å². The van der Waals surface area contributed by atoms with Gasteiger partial charge in [0.05, 0.1) is 6.10 Å². The average Bonchev–Trinajstić information content (AvgIpc) is 2.36. The van der Waals surface area contributed by atoms with Crippen LogP contribution in [0.3, 0.4) is 0 Å². The third-order valence-corrected chi connectivity index (χ3v) is 4.18. The van der Waals surface area contributed by atoms with Crippen molar-refractivity contribution in [1.29, 1.82) is 0 Å². The van der Waals surface area contributed by atoms with E-state index >= 15 is 0 Å². The molecule has 2 unspecified atom stereocenters. The van der Waals surface area contributed by atoms with Crippen molar-refractivity contribution in [3.8, 4) is 0 Å². The molecule has 6 heteroatoms. The zero-order chi connectivity index (χ0) is 14.0. The zero-order valence-corrected chi connectivity index (χ0v) is 12.7. The summed E-state index contributed by atoms with van der Waals surface area (Å²) in [5, 5.41) is 0. The lowest BCUT2D eigenvalue weighted by Gasteiger charge is -2.28. The largest absolute Gasteiger partial charge is 0.708 e. The second-order valence-corrected chi connectivity index (χ2v) is 5.52. The first-order valence-corrected chi connectivity index (χ1v) is 7.72. The van der Waals surface area contributed by atoms with Crippen LogP contribution < -0.4 is 0 Å². The minimum atomic E-state index is -3.30. The van der Waals surface area contributed by atoms with Crippen LogP contribution in [-0.2, 0) is 22.7 Å². The number of rotatable bonds is 11.